The largest absolute Gasteiger partial charge is 0.480 e. The molecular weight excluding hydrogens is 176 g/mol. The number of amidine groups is 1. The van der Waals surface area contributed by atoms with Gasteiger partial charge < -0.3 is 9.84 Å². The number of ether oxygens (including phenoxy) is 1. The minimum atomic E-state index is -1.08. The zero-order valence-corrected chi connectivity index (χ0v) is 7.19. The second kappa shape index (κ2) is 3.88. The van der Waals surface area contributed by atoms with E-state index in [1.54, 1.807) is 6.92 Å². The summed E-state index contributed by atoms with van der Waals surface area (Å²) in [6.45, 7) is 1.72. The second-order valence-electron chi connectivity index (χ2n) is 2.42. The molecule has 13 heavy (non-hydrogen) atoms. The highest BCUT2D eigenvalue weighted by Crippen LogP contribution is 2.04. The molecule has 0 aromatic carbocycles. The maximum atomic E-state index is 11.1. The molecule has 0 radical (unpaired) electrons. The van der Waals surface area contributed by atoms with Gasteiger partial charge in [-0.05, 0) is 6.92 Å². The lowest BCUT2D eigenvalue weighted by Gasteiger charge is -2.09. The summed E-state index contributed by atoms with van der Waals surface area (Å²) in [5.41, 5.74) is 0. The maximum Gasteiger partial charge on any atom is 0.323 e. The van der Waals surface area contributed by atoms with Crippen LogP contribution in [0.15, 0.2) is 4.99 Å². The Morgan fingerprint density at radius 3 is 3.00 bits per heavy atom. The van der Waals surface area contributed by atoms with Gasteiger partial charge in [-0.1, -0.05) is 0 Å². The first-order valence-corrected chi connectivity index (χ1v) is 3.84. The maximum absolute atomic E-state index is 11.1. The molecule has 0 saturated carbocycles. The summed E-state index contributed by atoms with van der Waals surface area (Å²) in [6.07, 6.45) is 0. The third kappa shape index (κ3) is 2.17. The highest BCUT2D eigenvalue weighted by Gasteiger charge is 2.30. The average Bonchev–Trinajstić information content (AvgIpc) is 2.36. The monoisotopic (exact) mass is 186 g/mol. The summed E-state index contributed by atoms with van der Waals surface area (Å²) in [5.74, 6) is -1.45. The van der Waals surface area contributed by atoms with Crippen molar-refractivity contribution in [2.45, 2.75) is 6.92 Å². The molecule has 72 valence electrons. The van der Waals surface area contributed by atoms with Crippen LogP contribution in [0.3, 0.4) is 0 Å². The standard InChI is InChI=1S/C7H10N2O4/c1-2-8-7-9(3-6(11)12)5(10)4-13-7/h2-4H2,1H3,(H,11,12). The number of carbonyl (C=O) groups is 2. The van der Waals surface area contributed by atoms with Crippen LogP contribution in [-0.2, 0) is 14.3 Å². The molecule has 1 fully saturated rings. The molecule has 1 aliphatic heterocycles. The van der Waals surface area contributed by atoms with Crippen LogP contribution in [0, 0.1) is 0 Å². The number of hydrogen-bond acceptors (Lipinski definition) is 4. The average molecular weight is 186 g/mol. The van der Waals surface area contributed by atoms with Gasteiger partial charge in [0.25, 0.3) is 11.9 Å². The molecule has 1 saturated heterocycles. The summed E-state index contributed by atoms with van der Waals surface area (Å²) in [7, 11) is 0. The molecule has 0 aromatic heterocycles. The molecule has 0 aromatic rings. The molecule has 6 heteroatoms. The molecule has 0 atom stereocenters. The van der Waals surface area contributed by atoms with Crippen LogP contribution in [-0.4, -0.2) is 47.6 Å². The Balaban J connectivity index is 2.71. The van der Waals surface area contributed by atoms with E-state index in [-0.39, 0.29) is 18.5 Å². The predicted octanol–water partition coefficient (Wildman–Crippen LogP) is -0.694. The molecular formula is C7H10N2O4. The summed E-state index contributed by atoms with van der Waals surface area (Å²) in [5, 5.41) is 8.47. The van der Waals surface area contributed by atoms with Crippen LogP contribution in [0.1, 0.15) is 6.92 Å². The van der Waals surface area contributed by atoms with Crippen molar-refractivity contribution in [2.24, 2.45) is 4.99 Å². The van der Waals surface area contributed by atoms with Crippen LogP contribution < -0.4 is 0 Å². The summed E-state index contributed by atoms with van der Waals surface area (Å²) >= 11 is 0. The zero-order valence-electron chi connectivity index (χ0n) is 7.19. The van der Waals surface area contributed by atoms with Crippen molar-refractivity contribution < 1.29 is 19.4 Å². The molecule has 1 amide bonds. The number of aliphatic imine (C=N–C) groups is 1. The normalized spacial score (nSPS) is 19.3. The van der Waals surface area contributed by atoms with Gasteiger partial charge in [-0.2, -0.15) is 0 Å². The van der Waals surface area contributed by atoms with E-state index in [9.17, 15) is 9.59 Å². The lowest BCUT2D eigenvalue weighted by Crippen LogP contribution is -2.35. The van der Waals surface area contributed by atoms with Gasteiger partial charge in [0.2, 0.25) is 0 Å². The third-order valence-electron chi connectivity index (χ3n) is 1.44. The van der Waals surface area contributed by atoms with Gasteiger partial charge in [0, 0.05) is 6.54 Å². The van der Waals surface area contributed by atoms with Crippen LogP contribution in [0.5, 0.6) is 0 Å². The molecule has 1 heterocycles. The van der Waals surface area contributed by atoms with Crippen molar-refractivity contribution in [3.05, 3.63) is 0 Å². The van der Waals surface area contributed by atoms with Crippen molar-refractivity contribution in [1.82, 2.24) is 4.90 Å². The van der Waals surface area contributed by atoms with Crippen molar-refractivity contribution in [3.8, 4) is 0 Å². The molecule has 0 bridgehead atoms. The van der Waals surface area contributed by atoms with E-state index in [0.29, 0.717) is 6.54 Å². The Hall–Kier alpha value is -1.59. The van der Waals surface area contributed by atoms with Gasteiger partial charge in [0.15, 0.2) is 6.61 Å². The summed E-state index contributed by atoms with van der Waals surface area (Å²) in [4.78, 5) is 26.3. The Morgan fingerprint density at radius 2 is 2.46 bits per heavy atom. The van der Waals surface area contributed by atoms with Crippen molar-refractivity contribution in [2.75, 3.05) is 19.7 Å². The predicted molar refractivity (Wildman–Crippen MR) is 43.3 cm³/mol. The Kier molecular flexibility index (Phi) is 2.84. The van der Waals surface area contributed by atoms with Crippen LogP contribution in [0.2, 0.25) is 0 Å². The van der Waals surface area contributed by atoms with E-state index < -0.39 is 12.5 Å². The summed E-state index contributed by atoms with van der Waals surface area (Å²) in [6, 6.07) is 0.106. The van der Waals surface area contributed by atoms with Crippen molar-refractivity contribution in [1.29, 1.82) is 0 Å². The number of carbonyl (C=O) groups excluding carboxylic acids is 1. The lowest BCUT2D eigenvalue weighted by atomic mass is 10.5. The van der Waals surface area contributed by atoms with Gasteiger partial charge in [-0.15, -0.1) is 0 Å². The first kappa shape index (κ1) is 9.50. The topological polar surface area (TPSA) is 79.2 Å². The van der Waals surface area contributed by atoms with E-state index in [1.807, 2.05) is 0 Å². The minimum absolute atomic E-state index is 0.106. The van der Waals surface area contributed by atoms with Gasteiger partial charge in [0.1, 0.15) is 6.54 Å². The van der Waals surface area contributed by atoms with E-state index in [1.165, 1.54) is 0 Å². The number of nitrogens with zero attached hydrogens (tertiary/aromatic N) is 2. The number of amides is 1. The Labute approximate surface area is 74.8 Å². The Bertz CT molecular complexity index is 261. The fraction of sp³-hybridized carbons (Fsp3) is 0.571. The quantitative estimate of drug-likeness (QED) is 0.632. The zero-order chi connectivity index (χ0) is 9.84. The minimum Gasteiger partial charge on any atom is -0.480 e. The summed E-state index contributed by atoms with van der Waals surface area (Å²) < 4.78 is 4.88. The third-order valence-corrected chi connectivity index (χ3v) is 1.44. The second-order valence-corrected chi connectivity index (χ2v) is 2.42. The van der Waals surface area contributed by atoms with Gasteiger partial charge in [-0.3, -0.25) is 14.5 Å². The number of aliphatic carboxylic acids is 1. The van der Waals surface area contributed by atoms with Crippen LogP contribution in [0.25, 0.3) is 0 Å². The van der Waals surface area contributed by atoms with E-state index in [0.717, 1.165) is 4.90 Å². The van der Waals surface area contributed by atoms with E-state index in [2.05, 4.69) is 4.99 Å². The van der Waals surface area contributed by atoms with Crippen molar-refractivity contribution >= 4 is 17.9 Å². The van der Waals surface area contributed by atoms with E-state index >= 15 is 0 Å². The first-order valence-electron chi connectivity index (χ1n) is 3.84. The molecule has 0 unspecified atom stereocenters. The Morgan fingerprint density at radius 1 is 1.77 bits per heavy atom. The molecule has 1 rings (SSSR count). The lowest BCUT2D eigenvalue weighted by molar-refractivity contribution is -0.140. The fourth-order valence-corrected chi connectivity index (χ4v) is 0.946. The molecule has 0 aliphatic carbocycles. The van der Waals surface area contributed by atoms with Gasteiger partial charge in [-0.25, -0.2) is 4.99 Å². The van der Waals surface area contributed by atoms with Crippen LogP contribution >= 0.6 is 0 Å². The molecule has 1 aliphatic rings. The van der Waals surface area contributed by atoms with Gasteiger partial charge in [0.05, 0.1) is 0 Å². The first-order chi connectivity index (χ1) is 6.15. The number of rotatable bonds is 3. The van der Waals surface area contributed by atoms with Gasteiger partial charge >= 0.3 is 5.97 Å². The number of hydrogen-bond donors (Lipinski definition) is 1. The van der Waals surface area contributed by atoms with E-state index in [4.69, 9.17) is 9.84 Å². The smallest absolute Gasteiger partial charge is 0.323 e. The highest BCUT2D eigenvalue weighted by molar-refractivity contribution is 6.02. The highest BCUT2D eigenvalue weighted by atomic mass is 16.5. The van der Waals surface area contributed by atoms with Crippen molar-refractivity contribution in [3.63, 3.8) is 0 Å². The molecule has 1 N–H and O–H groups in total. The number of carboxylic acids is 1. The fourth-order valence-electron chi connectivity index (χ4n) is 0.946. The molecule has 6 nitrogen and oxygen atoms in total. The number of carboxylic acid groups (broad SMARTS) is 1. The molecule has 0 spiro atoms. The van der Waals surface area contributed by atoms with Crippen LogP contribution in [0.4, 0.5) is 0 Å². The SMILES string of the molecule is CCN=C1OCC(=O)N1CC(=O)O.